The van der Waals surface area contributed by atoms with Crippen LogP contribution in [0.3, 0.4) is 0 Å². The van der Waals surface area contributed by atoms with Gasteiger partial charge in [0.15, 0.2) is 12.2 Å². The van der Waals surface area contributed by atoms with E-state index < -0.39 is 18.2 Å². The molecular weight excluding hydrogens is 316 g/mol. The fourth-order valence-electron chi connectivity index (χ4n) is 2.15. The molecule has 8 nitrogen and oxygen atoms in total. The first-order valence-electron chi connectivity index (χ1n) is 8.16. The van der Waals surface area contributed by atoms with Crippen LogP contribution in [0.5, 0.6) is 0 Å². The van der Waals surface area contributed by atoms with Gasteiger partial charge in [0.1, 0.15) is 6.61 Å². The minimum absolute atomic E-state index is 0.0388. The Morgan fingerprint density at radius 2 is 1.88 bits per heavy atom. The predicted molar refractivity (Wildman–Crippen MR) is 86.2 cm³/mol. The van der Waals surface area contributed by atoms with Gasteiger partial charge in [-0.1, -0.05) is 13.8 Å². The fraction of sp³-hybridized carbons (Fsp3) is 0.812. The maximum Gasteiger partial charge on any atom is 0.338 e. The van der Waals surface area contributed by atoms with Gasteiger partial charge in [-0.05, 0) is 19.3 Å². The van der Waals surface area contributed by atoms with Crippen LogP contribution >= 0.6 is 0 Å². The summed E-state index contributed by atoms with van der Waals surface area (Å²) in [5.41, 5.74) is 0. The summed E-state index contributed by atoms with van der Waals surface area (Å²) in [6.45, 7) is 6.18. The van der Waals surface area contributed by atoms with Crippen molar-refractivity contribution in [3.63, 3.8) is 0 Å². The second-order valence-corrected chi connectivity index (χ2v) is 6.37. The second kappa shape index (κ2) is 9.58. The minimum Gasteiger partial charge on any atom is -0.464 e. The first-order chi connectivity index (χ1) is 11.3. The van der Waals surface area contributed by atoms with Crippen LogP contribution in [0.4, 0.5) is 0 Å². The summed E-state index contributed by atoms with van der Waals surface area (Å²) in [6.07, 6.45) is -0.929. The number of esters is 1. The molecule has 0 saturated carbocycles. The molecule has 1 rings (SSSR count). The van der Waals surface area contributed by atoms with Crippen LogP contribution in [0.2, 0.25) is 0 Å². The van der Waals surface area contributed by atoms with Crippen molar-refractivity contribution in [2.45, 2.75) is 45.4 Å². The Bertz CT molecular complexity index is 452. The Morgan fingerprint density at radius 1 is 1.21 bits per heavy atom. The Labute approximate surface area is 142 Å². The molecule has 1 aliphatic heterocycles. The molecule has 24 heavy (non-hydrogen) atoms. The van der Waals surface area contributed by atoms with E-state index in [1.807, 2.05) is 13.8 Å². The summed E-state index contributed by atoms with van der Waals surface area (Å²) in [4.78, 5) is 36.6. The monoisotopic (exact) mass is 344 g/mol. The van der Waals surface area contributed by atoms with Crippen molar-refractivity contribution in [2.75, 3.05) is 33.9 Å². The maximum absolute atomic E-state index is 12.1. The van der Waals surface area contributed by atoms with Crippen molar-refractivity contribution in [1.82, 2.24) is 10.2 Å². The van der Waals surface area contributed by atoms with Crippen LogP contribution in [0.25, 0.3) is 0 Å². The molecule has 3 atom stereocenters. The molecule has 1 N–H and O–H groups in total. The number of carbonyl (C=O) groups is 3. The first-order valence-corrected chi connectivity index (χ1v) is 8.16. The van der Waals surface area contributed by atoms with E-state index in [1.54, 1.807) is 21.0 Å². The largest absolute Gasteiger partial charge is 0.464 e. The second-order valence-electron chi connectivity index (χ2n) is 6.37. The highest BCUT2D eigenvalue weighted by atomic mass is 16.6. The number of nitrogens with zero attached hydrogens (tertiary/aromatic N) is 1. The summed E-state index contributed by atoms with van der Waals surface area (Å²) in [5.74, 6) is -0.686. The molecule has 0 unspecified atom stereocenters. The zero-order valence-electron chi connectivity index (χ0n) is 15.0. The number of carbonyl (C=O) groups excluding carboxylic acids is 3. The van der Waals surface area contributed by atoms with E-state index in [-0.39, 0.29) is 37.7 Å². The molecular formula is C16H28N2O6. The third kappa shape index (κ3) is 6.84. The number of amides is 2. The summed E-state index contributed by atoms with van der Waals surface area (Å²) < 4.78 is 15.3. The van der Waals surface area contributed by atoms with Gasteiger partial charge in [0.2, 0.25) is 5.91 Å². The van der Waals surface area contributed by atoms with Gasteiger partial charge in [-0.15, -0.1) is 0 Å². The van der Waals surface area contributed by atoms with Gasteiger partial charge < -0.3 is 24.4 Å². The minimum atomic E-state index is -0.819. The molecule has 1 heterocycles. The van der Waals surface area contributed by atoms with Crippen molar-refractivity contribution in [3.8, 4) is 0 Å². The lowest BCUT2D eigenvalue weighted by Crippen LogP contribution is -2.43. The van der Waals surface area contributed by atoms with E-state index in [0.29, 0.717) is 12.3 Å². The number of ether oxygens (including phenoxy) is 3. The average Bonchev–Trinajstić information content (AvgIpc) is 3.27. The molecule has 2 amide bonds. The van der Waals surface area contributed by atoms with Gasteiger partial charge in [0, 0.05) is 14.1 Å². The van der Waals surface area contributed by atoms with Crippen LogP contribution in [0.15, 0.2) is 0 Å². The summed E-state index contributed by atoms with van der Waals surface area (Å²) in [6, 6.07) is -0.250. The normalized spacial score (nSPS) is 20.4. The van der Waals surface area contributed by atoms with Crippen molar-refractivity contribution in [1.29, 1.82) is 0 Å². The van der Waals surface area contributed by atoms with Gasteiger partial charge in [-0.2, -0.15) is 0 Å². The Balaban J connectivity index is 2.44. The van der Waals surface area contributed by atoms with E-state index in [9.17, 15) is 14.4 Å². The van der Waals surface area contributed by atoms with Crippen LogP contribution in [0, 0.1) is 5.92 Å². The highest BCUT2D eigenvalue weighted by molar-refractivity contribution is 5.92. The summed E-state index contributed by atoms with van der Waals surface area (Å²) >= 11 is 0. The molecule has 0 aromatic rings. The van der Waals surface area contributed by atoms with E-state index in [4.69, 9.17) is 14.2 Å². The molecule has 1 aliphatic rings. The Morgan fingerprint density at radius 3 is 2.42 bits per heavy atom. The Hall–Kier alpha value is -1.67. The van der Waals surface area contributed by atoms with Gasteiger partial charge in [-0.3, -0.25) is 9.59 Å². The predicted octanol–water partition coefficient (Wildman–Crippen LogP) is -0.0474. The van der Waals surface area contributed by atoms with Gasteiger partial charge in [-0.25, -0.2) is 4.79 Å². The lowest BCUT2D eigenvalue weighted by atomic mass is 10.0. The van der Waals surface area contributed by atoms with Gasteiger partial charge in [0.25, 0.3) is 5.91 Å². The molecule has 0 aliphatic carbocycles. The molecule has 1 saturated heterocycles. The maximum atomic E-state index is 12.1. The topological polar surface area (TPSA) is 97.5 Å². The molecule has 0 spiro atoms. The molecule has 0 bridgehead atoms. The zero-order valence-corrected chi connectivity index (χ0v) is 15.0. The van der Waals surface area contributed by atoms with Crippen molar-refractivity contribution in [2.24, 2.45) is 5.92 Å². The quantitative estimate of drug-likeness (QED) is 0.441. The number of hydrogen-bond donors (Lipinski definition) is 1. The molecule has 138 valence electrons. The molecule has 0 aromatic carbocycles. The fourth-order valence-corrected chi connectivity index (χ4v) is 2.15. The lowest BCUT2D eigenvalue weighted by Gasteiger charge is -2.20. The average molecular weight is 344 g/mol. The first kappa shape index (κ1) is 20.4. The van der Waals surface area contributed by atoms with E-state index in [2.05, 4.69) is 5.32 Å². The zero-order chi connectivity index (χ0) is 18.3. The van der Waals surface area contributed by atoms with Crippen LogP contribution in [-0.2, 0) is 28.6 Å². The summed E-state index contributed by atoms with van der Waals surface area (Å²) in [7, 11) is 3.30. The number of hydrogen-bond acceptors (Lipinski definition) is 6. The lowest BCUT2D eigenvalue weighted by molar-refractivity contribution is -0.144. The van der Waals surface area contributed by atoms with Crippen molar-refractivity contribution in [3.05, 3.63) is 0 Å². The molecule has 1 fully saturated rings. The number of epoxide rings is 1. The van der Waals surface area contributed by atoms with E-state index >= 15 is 0 Å². The van der Waals surface area contributed by atoms with Crippen molar-refractivity contribution >= 4 is 17.8 Å². The SMILES string of the molecule is CCOC(=O)[C@H]1O[C@@H]1C(=O)N[C@H](COCC(=O)N(C)C)CC(C)C. The third-order valence-electron chi connectivity index (χ3n) is 3.41. The van der Waals surface area contributed by atoms with Gasteiger partial charge >= 0.3 is 5.97 Å². The smallest absolute Gasteiger partial charge is 0.338 e. The molecule has 0 radical (unpaired) electrons. The molecule has 8 heteroatoms. The number of rotatable bonds is 10. The van der Waals surface area contributed by atoms with E-state index in [1.165, 1.54) is 4.90 Å². The third-order valence-corrected chi connectivity index (χ3v) is 3.41. The van der Waals surface area contributed by atoms with Crippen LogP contribution < -0.4 is 5.32 Å². The Kier molecular flexibility index (Phi) is 8.14. The molecule has 0 aromatic heterocycles. The summed E-state index contributed by atoms with van der Waals surface area (Å²) in [5, 5.41) is 2.82. The highest BCUT2D eigenvalue weighted by Crippen LogP contribution is 2.24. The number of likely N-dealkylation sites (N-methyl/N-ethyl adjacent to an activating group) is 1. The number of nitrogens with one attached hydrogen (secondary N) is 1. The van der Waals surface area contributed by atoms with Gasteiger partial charge in [0.05, 0.1) is 19.3 Å². The van der Waals surface area contributed by atoms with Crippen LogP contribution in [0.1, 0.15) is 27.2 Å². The van der Waals surface area contributed by atoms with Crippen molar-refractivity contribution < 1.29 is 28.6 Å². The van der Waals surface area contributed by atoms with E-state index in [0.717, 1.165) is 0 Å². The van der Waals surface area contributed by atoms with Crippen LogP contribution in [-0.4, -0.2) is 74.8 Å². The highest BCUT2D eigenvalue weighted by Gasteiger charge is 2.51. The standard InChI is InChI=1S/C16H28N2O6/c1-6-23-16(21)14-13(24-14)15(20)17-11(7-10(2)3)8-22-9-12(19)18(4)5/h10-11,13-14H,6-9H2,1-5H3,(H,17,20)/t11-,13-,14-/m0/s1.